The molecule has 5 heteroatoms. The second-order valence-electron chi connectivity index (χ2n) is 5.52. The molecule has 0 saturated carbocycles. The lowest BCUT2D eigenvalue weighted by Gasteiger charge is -2.28. The van der Waals surface area contributed by atoms with Gasteiger partial charge >= 0.3 is 0 Å². The Morgan fingerprint density at radius 3 is 2.45 bits per heavy atom. The van der Waals surface area contributed by atoms with E-state index < -0.39 is 0 Å². The van der Waals surface area contributed by atoms with Crippen LogP contribution in [-0.2, 0) is 0 Å². The van der Waals surface area contributed by atoms with Gasteiger partial charge < -0.3 is 9.80 Å². The lowest BCUT2D eigenvalue weighted by molar-refractivity contribution is 0.407. The van der Waals surface area contributed by atoms with Crippen LogP contribution in [0.2, 0.25) is 0 Å². The van der Waals surface area contributed by atoms with Gasteiger partial charge in [-0.25, -0.2) is 4.39 Å². The van der Waals surface area contributed by atoms with E-state index in [1.807, 2.05) is 25.1 Å². The summed E-state index contributed by atoms with van der Waals surface area (Å²) in [4.78, 5) is 4.11. The van der Waals surface area contributed by atoms with Crippen LogP contribution in [0.3, 0.4) is 0 Å². The van der Waals surface area contributed by atoms with Crippen molar-refractivity contribution in [1.29, 1.82) is 5.26 Å². The van der Waals surface area contributed by atoms with Crippen molar-refractivity contribution in [1.82, 2.24) is 4.90 Å². The Labute approximate surface area is 129 Å². The zero-order valence-electron chi connectivity index (χ0n) is 12.5. The first-order valence-electron chi connectivity index (χ1n) is 6.64. The number of hydrogen-bond acceptors (Lipinski definition) is 3. The molecule has 1 aromatic carbocycles. The molecule has 1 rings (SSSR count). The minimum Gasteiger partial charge on any atom is -0.368 e. The number of benzene rings is 1. The monoisotopic (exact) mass is 341 g/mol. The first-order chi connectivity index (χ1) is 9.36. The quantitative estimate of drug-likeness (QED) is 0.793. The summed E-state index contributed by atoms with van der Waals surface area (Å²) in [6, 6.07) is 5.33. The van der Waals surface area contributed by atoms with Crippen LogP contribution in [-0.4, -0.2) is 38.6 Å². The second kappa shape index (κ2) is 7.61. The minimum absolute atomic E-state index is 0.246. The molecule has 3 nitrogen and oxygen atoms in total. The topological polar surface area (TPSA) is 30.3 Å². The number of anilines is 1. The van der Waals surface area contributed by atoms with Crippen molar-refractivity contribution in [3.05, 3.63) is 28.0 Å². The average Bonchev–Trinajstić information content (AvgIpc) is 2.37. The van der Waals surface area contributed by atoms with Gasteiger partial charge in [0.05, 0.1) is 15.7 Å². The van der Waals surface area contributed by atoms with Crippen molar-refractivity contribution >= 4 is 21.6 Å². The molecule has 20 heavy (non-hydrogen) atoms. The number of halogens is 2. The van der Waals surface area contributed by atoms with Crippen LogP contribution in [0.15, 0.2) is 16.6 Å². The van der Waals surface area contributed by atoms with Gasteiger partial charge in [0.15, 0.2) is 5.82 Å². The van der Waals surface area contributed by atoms with Gasteiger partial charge in [-0.2, -0.15) is 5.26 Å². The highest BCUT2D eigenvalue weighted by Gasteiger charge is 2.17. The Balaban J connectivity index is 3.07. The molecule has 110 valence electrons. The summed E-state index contributed by atoms with van der Waals surface area (Å²) in [6.07, 6.45) is 0. The Hall–Kier alpha value is -1.12. The van der Waals surface area contributed by atoms with Crippen molar-refractivity contribution in [2.24, 2.45) is 5.92 Å². The molecule has 0 amide bonds. The van der Waals surface area contributed by atoms with Gasteiger partial charge in [-0.15, -0.1) is 0 Å². The Kier molecular flexibility index (Phi) is 6.44. The average molecular weight is 342 g/mol. The second-order valence-corrected chi connectivity index (χ2v) is 6.31. The minimum atomic E-state index is -0.358. The molecule has 0 spiro atoms. The van der Waals surface area contributed by atoms with E-state index in [9.17, 15) is 4.39 Å². The molecule has 1 aromatic rings. The Morgan fingerprint density at radius 2 is 1.95 bits per heavy atom. The van der Waals surface area contributed by atoms with E-state index in [1.165, 1.54) is 0 Å². The fraction of sp³-hybridized carbons (Fsp3) is 0.533. The molecule has 0 fully saturated rings. The fourth-order valence-electron chi connectivity index (χ4n) is 1.94. The SMILES string of the molecule is CC(C)CN(CCN(C)C)c1ccc(C#N)c(Br)c1F. The predicted octanol–water partition coefficient (Wildman–Crippen LogP) is 3.48. The van der Waals surface area contributed by atoms with Gasteiger partial charge in [-0.1, -0.05) is 13.8 Å². The third-order valence-electron chi connectivity index (χ3n) is 2.93. The van der Waals surface area contributed by atoms with Crippen LogP contribution >= 0.6 is 15.9 Å². The van der Waals surface area contributed by atoms with Crippen molar-refractivity contribution in [2.45, 2.75) is 13.8 Å². The smallest absolute Gasteiger partial charge is 0.161 e. The number of rotatable bonds is 6. The summed E-state index contributed by atoms with van der Waals surface area (Å²) in [5.41, 5.74) is 0.870. The zero-order valence-corrected chi connectivity index (χ0v) is 14.0. The summed E-state index contributed by atoms with van der Waals surface area (Å²) in [5.74, 6) is 0.0782. The highest BCUT2D eigenvalue weighted by Crippen LogP contribution is 2.29. The van der Waals surface area contributed by atoms with E-state index >= 15 is 0 Å². The van der Waals surface area contributed by atoms with Crippen LogP contribution in [0.1, 0.15) is 19.4 Å². The number of hydrogen-bond donors (Lipinski definition) is 0. The van der Waals surface area contributed by atoms with Gasteiger partial charge in [-0.3, -0.25) is 0 Å². The third kappa shape index (κ3) is 4.46. The zero-order chi connectivity index (χ0) is 15.3. The molecule has 0 aromatic heterocycles. The van der Waals surface area contributed by atoms with E-state index in [2.05, 4.69) is 34.7 Å². The number of nitrogens with zero attached hydrogens (tertiary/aromatic N) is 3. The molecule has 0 saturated heterocycles. The van der Waals surface area contributed by atoms with Crippen LogP contribution in [0.5, 0.6) is 0 Å². The van der Waals surface area contributed by atoms with Crippen molar-refractivity contribution < 1.29 is 4.39 Å². The standard InChI is InChI=1S/C15H21BrFN3/c1-11(2)10-20(8-7-19(3)4)13-6-5-12(9-18)14(16)15(13)17/h5-6,11H,7-8,10H2,1-4H3. The molecule has 0 N–H and O–H groups in total. The van der Waals surface area contributed by atoms with Gasteiger partial charge in [0.25, 0.3) is 0 Å². The van der Waals surface area contributed by atoms with Crippen LogP contribution in [0.25, 0.3) is 0 Å². The third-order valence-corrected chi connectivity index (χ3v) is 3.70. The number of likely N-dealkylation sites (N-methyl/N-ethyl adjacent to an activating group) is 1. The molecular weight excluding hydrogens is 321 g/mol. The van der Waals surface area contributed by atoms with Gasteiger partial charge in [0, 0.05) is 19.6 Å². The largest absolute Gasteiger partial charge is 0.368 e. The normalized spacial score (nSPS) is 10.9. The van der Waals surface area contributed by atoms with E-state index in [-0.39, 0.29) is 10.3 Å². The molecule has 0 aliphatic heterocycles. The highest BCUT2D eigenvalue weighted by atomic mass is 79.9. The Bertz CT molecular complexity index is 495. The Morgan fingerprint density at radius 1 is 1.30 bits per heavy atom. The summed E-state index contributed by atoms with van der Waals surface area (Å²) in [5, 5.41) is 8.93. The van der Waals surface area contributed by atoms with Crippen LogP contribution in [0, 0.1) is 23.1 Å². The summed E-state index contributed by atoms with van der Waals surface area (Å²) in [6.45, 7) is 6.60. The van der Waals surface area contributed by atoms with E-state index in [4.69, 9.17) is 5.26 Å². The van der Waals surface area contributed by atoms with E-state index in [0.29, 0.717) is 17.2 Å². The van der Waals surface area contributed by atoms with Crippen molar-refractivity contribution in [3.63, 3.8) is 0 Å². The van der Waals surface area contributed by atoms with Gasteiger partial charge in [0.2, 0.25) is 0 Å². The maximum Gasteiger partial charge on any atom is 0.161 e. The molecule has 0 heterocycles. The molecule has 0 unspecified atom stereocenters. The predicted molar refractivity (Wildman–Crippen MR) is 84.4 cm³/mol. The summed E-state index contributed by atoms with van der Waals surface area (Å²) < 4.78 is 14.7. The summed E-state index contributed by atoms with van der Waals surface area (Å²) in [7, 11) is 4.00. The fourth-order valence-corrected chi connectivity index (χ4v) is 2.37. The van der Waals surface area contributed by atoms with E-state index in [1.54, 1.807) is 12.1 Å². The van der Waals surface area contributed by atoms with Gasteiger partial charge in [-0.05, 0) is 48.1 Å². The molecular formula is C15H21BrFN3. The molecule has 0 aliphatic carbocycles. The van der Waals surface area contributed by atoms with Crippen LogP contribution < -0.4 is 4.90 Å². The van der Waals surface area contributed by atoms with Crippen molar-refractivity contribution in [2.75, 3.05) is 38.6 Å². The first kappa shape index (κ1) is 16.9. The molecule has 0 radical (unpaired) electrons. The molecule has 0 bridgehead atoms. The lowest BCUT2D eigenvalue weighted by Crippen LogP contribution is -2.35. The van der Waals surface area contributed by atoms with Gasteiger partial charge in [0.1, 0.15) is 6.07 Å². The summed E-state index contributed by atoms with van der Waals surface area (Å²) >= 11 is 3.17. The molecule has 0 aliphatic rings. The van der Waals surface area contributed by atoms with Crippen molar-refractivity contribution in [3.8, 4) is 6.07 Å². The first-order valence-corrected chi connectivity index (χ1v) is 7.43. The highest BCUT2D eigenvalue weighted by molar-refractivity contribution is 9.10. The maximum atomic E-state index is 14.4. The van der Waals surface area contributed by atoms with Crippen LogP contribution in [0.4, 0.5) is 10.1 Å². The maximum absolute atomic E-state index is 14.4. The van der Waals surface area contributed by atoms with E-state index in [0.717, 1.165) is 19.6 Å². The lowest BCUT2D eigenvalue weighted by atomic mass is 10.1. The number of nitriles is 1. The molecule has 0 atom stereocenters.